The van der Waals surface area contributed by atoms with Gasteiger partial charge in [0, 0.05) is 13.1 Å². The molecule has 1 aliphatic heterocycles. The lowest BCUT2D eigenvalue weighted by Crippen LogP contribution is -2.40. The Kier molecular flexibility index (Phi) is 4.85. The number of aromatic nitrogens is 2. The van der Waals surface area contributed by atoms with Gasteiger partial charge in [0.15, 0.2) is 0 Å². The number of piperidine rings is 1. The Morgan fingerprint density at radius 2 is 2.47 bits per heavy atom. The molecule has 3 N–H and O–H groups in total. The predicted molar refractivity (Wildman–Crippen MR) is 73.7 cm³/mol. The fourth-order valence-corrected chi connectivity index (χ4v) is 3.97. The molecule has 1 aromatic rings. The molecule has 1 fully saturated rings. The molecule has 1 aliphatic rings. The Bertz CT molecular complexity index is 490. The number of hydrazine groups is 1. The van der Waals surface area contributed by atoms with Crippen molar-refractivity contribution in [2.24, 2.45) is 11.8 Å². The van der Waals surface area contributed by atoms with E-state index in [-0.39, 0.29) is 6.04 Å². The molecule has 0 radical (unpaired) electrons. The van der Waals surface area contributed by atoms with Crippen LogP contribution in [0.3, 0.4) is 0 Å². The molecule has 0 bridgehead atoms. The maximum atomic E-state index is 11.6. The Hall–Kier alpha value is -0.610. The third kappa shape index (κ3) is 3.93. The summed E-state index contributed by atoms with van der Waals surface area (Å²) in [5.41, 5.74) is 2.77. The first-order chi connectivity index (χ1) is 9.00. The number of sulfonamides is 1. The van der Waals surface area contributed by atoms with Crippen molar-refractivity contribution in [2.45, 2.75) is 25.3 Å². The molecule has 2 unspecified atom stereocenters. The van der Waals surface area contributed by atoms with Crippen LogP contribution >= 0.6 is 11.5 Å². The SMILES string of the molecule is CS(=O)(=O)N1CCCC(CC(NN)c2cnns2)C1. The molecule has 0 amide bonds. The Morgan fingerprint density at radius 1 is 1.68 bits per heavy atom. The summed E-state index contributed by atoms with van der Waals surface area (Å²) in [5.74, 6) is 5.88. The van der Waals surface area contributed by atoms with E-state index in [9.17, 15) is 8.42 Å². The van der Waals surface area contributed by atoms with Crippen LogP contribution in [0.15, 0.2) is 6.20 Å². The largest absolute Gasteiger partial charge is 0.271 e. The molecule has 0 aromatic carbocycles. The molecular weight excluding hydrogens is 286 g/mol. The lowest BCUT2D eigenvalue weighted by atomic mass is 9.92. The maximum Gasteiger partial charge on any atom is 0.211 e. The number of nitrogens with zero attached hydrogens (tertiary/aromatic N) is 3. The zero-order chi connectivity index (χ0) is 13.9. The fourth-order valence-electron chi connectivity index (χ4n) is 2.45. The van der Waals surface area contributed by atoms with Crippen LogP contribution in [0.5, 0.6) is 0 Å². The van der Waals surface area contributed by atoms with E-state index in [4.69, 9.17) is 5.84 Å². The molecule has 7 nitrogen and oxygen atoms in total. The highest BCUT2D eigenvalue weighted by atomic mass is 32.2. The molecular formula is C10H19N5O2S2. The van der Waals surface area contributed by atoms with Crippen LogP contribution in [-0.4, -0.2) is 41.7 Å². The van der Waals surface area contributed by atoms with Gasteiger partial charge in [-0.3, -0.25) is 11.3 Å². The van der Waals surface area contributed by atoms with Gasteiger partial charge in [-0.05, 0) is 36.7 Å². The topological polar surface area (TPSA) is 101 Å². The van der Waals surface area contributed by atoms with Gasteiger partial charge >= 0.3 is 0 Å². The average molecular weight is 305 g/mol. The third-order valence-electron chi connectivity index (χ3n) is 3.44. The number of hydrogen-bond acceptors (Lipinski definition) is 7. The molecule has 1 saturated heterocycles. The van der Waals surface area contributed by atoms with Crippen molar-refractivity contribution in [1.29, 1.82) is 0 Å². The highest BCUT2D eigenvalue weighted by molar-refractivity contribution is 7.88. The van der Waals surface area contributed by atoms with Crippen LogP contribution in [-0.2, 0) is 10.0 Å². The summed E-state index contributed by atoms with van der Waals surface area (Å²) < 4.78 is 28.6. The number of hydrogen-bond donors (Lipinski definition) is 2. The minimum Gasteiger partial charge on any atom is -0.271 e. The summed E-state index contributed by atoms with van der Waals surface area (Å²) in [7, 11) is -3.10. The summed E-state index contributed by atoms with van der Waals surface area (Å²) >= 11 is 1.32. The first-order valence-electron chi connectivity index (χ1n) is 6.19. The van der Waals surface area contributed by atoms with Crippen molar-refractivity contribution in [3.05, 3.63) is 11.1 Å². The van der Waals surface area contributed by atoms with Gasteiger partial charge in [-0.25, -0.2) is 12.7 Å². The van der Waals surface area contributed by atoms with Crippen molar-refractivity contribution < 1.29 is 8.42 Å². The molecule has 2 atom stereocenters. The number of nitrogens with two attached hydrogens (primary N) is 1. The first kappa shape index (κ1) is 14.8. The monoisotopic (exact) mass is 305 g/mol. The standard InChI is InChI=1S/C10H19N5O2S2/c1-19(16,17)15-4-2-3-8(7-15)5-9(13-11)10-6-12-14-18-10/h6,8-9,13H,2-5,7,11H2,1H3. The van der Waals surface area contributed by atoms with Crippen LogP contribution in [0.4, 0.5) is 0 Å². The zero-order valence-electron chi connectivity index (χ0n) is 10.8. The Balaban J connectivity index is 1.98. The van der Waals surface area contributed by atoms with E-state index >= 15 is 0 Å². The normalized spacial score (nSPS) is 23.4. The summed E-state index contributed by atoms with van der Waals surface area (Å²) in [6.07, 6.45) is 5.69. The van der Waals surface area contributed by atoms with Crippen LogP contribution in [0.2, 0.25) is 0 Å². The predicted octanol–water partition coefficient (Wildman–Crippen LogP) is 0.104. The number of nitrogens with one attached hydrogen (secondary N) is 1. The van der Waals surface area contributed by atoms with Crippen LogP contribution in [0.25, 0.3) is 0 Å². The lowest BCUT2D eigenvalue weighted by Gasteiger charge is -2.32. The lowest BCUT2D eigenvalue weighted by molar-refractivity contribution is 0.239. The van der Waals surface area contributed by atoms with Crippen molar-refractivity contribution in [3.8, 4) is 0 Å². The average Bonchev–Trinajstić information content (AvgIpc) is 2.89. The highest BCUT2D eigenvalue weighted by Crippen LogP contribution is 2.28. The first-order valence-corrected chi connectivity index (χ1v) is 8.81. The van der Waals surface area contributed by atoms with Gasteiger partial charge in [0.2, 0.25) is 10.0 Å². The van der Waals surface area contributed by atoms with Gasteiger partial charge in [-0.2, -0.15) is 0 Å². The van der Waals surface area contributed by atoms with Gasteiger partial charge in [0.25, 0.3) is 0 Å². The maximum absolute atomic E-state index is 11.6. The van der Waals surface area contributed by atoms with Crippen LogP contribution in [0.1, 0.15) is 30.2 Å². The van der Waals surface area contributed by atoms with Crippen molar-refractivity contribution in [1.82, 2.24) is 19.3 Å². The van der Waals surface area contributed by atoms with Crippen molar-refractivity contribution >= 4 is 21.6 Å². The van der Waals surface area contributed by atoms with E-state index < -0.39 is 10.0 Å². The molecule has 19 heavy (non-hydrogen) atoms. The Labute approximate surface area is 117 Å². The molecule has 0 spiro atoms. The fraction of sp³-hybridized carbons (Fsp3) is 0.800. The van der Waals surface area contributed by atoms with Crippen LogP contribution in [0, 0.1) is 5.92 Å². The van der Waals surface area contributed by atoms with E-state index in [0.717, 1.165) is 24.1 Å². The molecule has 108 valence electrons. The quantitative estimate of drug-likeness (QED) is 0.591. The Morgan fingerprint density at radius 3 is 3.05 bits per heavy atom. The van der Waals surface area contributed by atoms with Gasteiger partial charge in [-0.1, -0.05) is 4.49 Å². The second-order valence-corrected chi connectivity index (χ2v) is 7.70. The van der Waals surface area contributed by atoms with E-state index in [1.807, 2.05) is 0 Å². The summed E-state index contributed by atoms with van der Waals surface area (Å²) in [5, 5.41) is 3.80. The molecule has 1 aromatic heterocycles. The minimum atomic E-state index is -3.10. The van der Waals surface area contributed by atoms with Gasteiger partial charge in [0.05, 0.1) is 23.4 Å². The van der Waals surface area contributed by atoms with E-state index in [2.05, 4.69) is 15.0 Å². The second-order valence-electron chi connectivity index (χ2n) is 4.90. The molecule has 0 saturated carbocycles. The van der Waals surface area contributed by atoms with E-state index in [0.29, 0.717) is 19.0 Å². The zero-order valence-corrected chi connectivity index (χ0v) is 12.5. The molecule has 2 heterocycles. The highest BCUT2D eigenvalue weighted by Gasteiger charge is 2.28. The van der Waals surface area contributed by atoms with Gasteiger partial charge in [-0.15, -0.1) is 5.10 Å². The molecule has 2 rings (SSSR count). The van der Waals surface area contributed by atoms with Crippen LogP contribution < -0.4 is 11.3 Å². The van der Waals surface area contributed by atoms with Crippen molar-refractivity contribution in [2.75, 3.05) is 19.3 Å². The molecule has 0 aliphatic carbocycles. The second kappa shape index (κ2) is 6.23. The number of rotatable bonds is 5. The van der Waals surface area contributed by atoms with Gasteiger partial charge in [0.1, 0.15) is 0 Å². The minimum absolute atomic E-state index is 0.00971. The summed E-state index contributed by atoms with van der Waals surface area (Å²) in [6.45, 7) is 1.20. The van der Waals surface area contributed by atoms with Gasteiger partial charge < -0.3 is 0 Å². The smallest absolute Gasteiger partial charge is 0.211 e. The van der Waals surface area contributed by atoms with E-state index in [1.54, 1.807) is 10.5 Å². The van der Waals surface area contributed by atoms with Crippen molar-refractivity contribution in [3.63, 3.8) is 0 Å². The third-order valence-corrected chi connectivity index (χ3v) is 5.49. The molecule has 9 heteroatoms. The summed E-state index contributed by atoms with van der Waals surface area (Å²) in [4.78, 5) is 0.985. The summed E-state index contributed by atoms with van der Waals surface area (Å²) in [6, 6.07) is -0.00971. The van der Waals surface area contributed by atoms with E-state index in [1.165, 1.54) is 17.8 Å².